The molecule has 0 N–H and O–H groups in total. The molecule has 23 heavy (non-hydrogen) atoms. The zero-order chi connectivity index (χ0) is 16.9. The van der Waals surface area contributed by atoms with E-state index in [0.717, 1.165) is 12.0 Å². The van der Waals surface area contributed by atoms with Crippen LogP contribution in [0.15, 0.2) is 18.2 Å². The minimum atomic E-state index is 0.645. The summed E-state index contributed by atoms with van der Waals surface area (Å²) in [5.41, 5.74) is 3.64. The van der Waals surface area contributed by atoms with Gasteiger partial charge in [-0.1, -0.05) is 84.3 Å². The Labute approximate surface area is 144 Å². The molecule has 0 heterocycles. The van der Waals surface area contributed by atoms with Gasteiger partial charge >= 0.3 is 0 Å². The Morgan fingerprint density at radius 3 is 2.09 bits per heavy atom. The number of nitriles is 1. The van der Waals surface area contributed by atoms with Crippen LogP contribution in [0.4, 0.5) is 0 Å². The van der Waals surface area contributed by atoms with Gasteiger partial charge in [-0.2, -0.15) is 5.26 Å². The molecule has 0 saturated heterocycles. The third kappa shape index (κ3) is 6.78. The average molecular weight is 314 g/mol. The van der Waals surface area contributed by atoms with Crippen LogP contribution in [0.5, 0.6) is 0 Å². The molecule has 1 rings (SSSR count). The molecule has 0 amide bonds. The van der Waals surface area contributed by atoms with Gasteiger partial charge in [-0.05, 0) is 42.4 Å². The summed E-state index contributed by atoms with van der Waals surface area (Å²) in [4.78, 5) is 0. The van der Waals surface area contributed by atoms with E-state index in [1.54, 1.807) is 0 Å². The van der Waals surface area contributed by atoms with E-state index in [1.165, 1.54) is 75.3 Å². The molecule has 128 valence electrons. The van der Waals surface area contributed by atoms with E-state index in [2.05, 4.69) is 39.0 Å². The van der Waals surface area contributed by atoms with Crippen LogP contribution >= 0.6 is 0 Å². The lowest BCUT2D eigenvalue weighted by Crippen LogP contribution is -2.05. The highest BCUT2D eigenvalue weighted by atomic mass is 14.3. The van der Waals surface area contributed by atoms with Crippen molar-refractivity contribution in [3.63, 3.8) is 0 Å². The molecular formula is C22H35N. The molecule has 0 aliphatic carbocycles. The second-order valence-electron chi connectivity index (χ2n) is 6.73. The van der Waals surface area contributed by atoms with Crippen molar-refractivity contribution >= 4 is 0 Å². The Balaban J connectivity index is 2.80. The maximum atomic E-state index is 9.39. The standard InChI is InChI=1S/C22H35N/c1-4-7-9-10-12-15-19(14-11-8-5-2)22-17-13-16-20(18-23)21(22)6-3/h13,16-17,19H,4-12,14-15H2,1-3H3. The first-order chi connectivity index (χ1) is 11.3. The second kappa shape index (κ2) is 12.2. The number of rotatable bonds is 12. The van der Waals surface area contributed by atoms with Gasteiger partial charge in [-0.25, -0.2) is 0 Å². The highest BCUT2D eigenvalue weighted by Gasteiger charge is 2.16. The van der Waals surface area contributed by atoms with Crippen molar-refractivity contribution in [1.29, 1.82) is 5.26 Å². The fourth-order valence-corrected chi connectivity index (χ4v) is 3.58. The van der Waals surface area contributed by atoms with Crippen molar-refractivity contribution in [1.82, 2.24) is 0 Å². The van der Waals surface area contributed by atoms with Gasteiger partial charge < -0.3 is 0 Å². The van der Waals surface area contributed by atoms with Crippen molar-refractivity contribution in [3.05, 3.63) is 34.9 Å². The topological polar surface area (TPSA) is 23.8 Å². The van der Waals surface area contributed by atoms with E-state index in [1.807, 2.05) is 6.07 Å². The van der Waals surface area contributed by atoms with Crippen LogP contribution in [-0.4, -0.2) is 0 Å². The fraction of sp³-hybridized carbons (Fsp3) is 0.682. The average Bonchev–Trinajstić information content (AvgIpc) is 2.59. The van der Waals surface area contributed by atoms with Gasteiger partial charge in [-0.3, -0.25) is 0 Å². The lowest BCUT2D eigenvalue weighted by molar-refractivity contribution is 0.495. The molecule has 0 aliphatic heterocycles. The van der Waals surface area contributed by atoms with E-state index >= 15 is 0 Å². The molecule has 1 unspecified atom stereocenters. The summed E-state index contributed by atoms with van der Waals surface area (Å²) in [6.45, 7) is 6.73. The zero-order valence-electron chi connectivity index (χ0n) is 15.5. The highest BCUT2D eigenvalue weighted by Crippen LogP contribution is 2.32. The number of hydrogen-bond donors (Lipinski definition) is 0. The van der Waals surface area contributed by atoms with E-state index in [9.17, 15) is 5.26 Å². The summed E-state index contributed by atoms with van der Waals surface area (Å²) >= 11 is 0. The maximum absolute atomic E-state index is 9.39. The highest BCUT2D eigenvalue weighted by molar-refractivity contribution is 5.44. The minimum Gasteiger partial charge on any atom is -0.192 e. The number of benzene rings is 1. The molecule has 0 radical (unpaired) electrons. The molecule has 0 saturated carbocycles. The molecule has 0 bridgehead atoms. The summed E-state index contributed by atoms with van der Waals surface area (Å²) in [6, 6.07) is 8.73. The maximum Gasteiger partial charge on any atom is 0.0994 e. The Morgan fingerprint density at radius 2 is 1.48 bits per heavy atom. The van der Waals surface area contributed by atoms with Crippen LogP contribution in [0.1, 0.15) is 108 Å². The smallest absolute Gasteiger partial charge is 0.0994 e. The van der Waals surface area contributed by atoms with Crippen LogP contribution in [0.2, 0.25) is 0 Å². The monoisotopic (exact) mass is 313 g/mol. The van der Waals surface area contributed by atoms with Gasteiger partial charge in [0.05, 0.1) is 11.6 Å². The van der Waals surface area contributed by atoms with Crippen LogP contribution < -0.4 is 0 Å². The third-order valence-electron chi connectivity index (χ3n) is 4.94. The van der Waals surface area contributed by atoms with Crippen molar-refractivity contribution < 1.29 is 0 Å². The van der Waals surface area contributed by atoms with Crippen molar-refractivity contribution in [2.75, 3.05) is 0 Å². The molecule has 1 heteroatoms. The SMILES string of the molecule is CCCCCCCC(CCCCC)c1cccc(C#N)c1CC. The quantitative estimate of drug-likeness (QED) is 0.376. The normalized spacial score (nSPS) is 12.1. The van der Waals surface area contributed by atoms with E-state index in [4.69, 9.17) is 0 Å². The Hall–Kier alpha value is -1.29. The molecule has 1 atom stereocenters. The van der Waals surface area contributed by atoms with Crippen LogP contribution in [-0.2, 0) is 6.42 Å². The molecule has 0 spiro atoms. The van der Waals surface area contributed by atoms with Gasteiger partial charge in [0, 0.05) is 0 Å². The van der Waals surface area contributed by atoms with E-state index in [-0.39, 0.29) is 0 Å². The molecule has 1 aromatic carbocycles. The van der Waals surface area contributed by atoms with Crippen LogP contribution in [0.3, 0.4) is 0 Å². The largest absolute Gasteiger partial charge is 0.192 e. The van der Waals surface area contributed by atoms with Crippen molar-refractivity contribution in [3.8, 4) is 6.07 Å². The fourth-order valence-electron chi connectivity index (χ4n) is 3.58. The molecule has 1 aromatic rings. The summed E-state index contributed by atoms with van der Waals surface area (Å²) in [5.74, 6) is 0.645. The molecular weight excluding hydrogens is 278 g/mol. The lowest BCUT2D eigenvalue weighted by Gasteiger charge is -2.21. The predicted octanol–water partition coefficient (Wildman–Crippen LogP) is 7.15. The van der Waals surface area contributed by atoms with Gasteiger partial charge in [0.1, 0.15) is 0 Å². The van der Waals surface area contributed by atoms with E-state index < -0.39 is 0 Å². The van der Waals surface area contributed by atoms with Crippen molar-refractivity contribution in [2.45, 2.75) is 97.3 Å². The lowest BCUT2D eigenvalue weighted by atomic mass is 9.83. The van der Waals surface area contributed by atoms with Gasteiger partial charge in [0.2, 0.25) is 0 Å². The van der Waals surface area contributed by atoms with E-state index in [0.29, 0.717) is 5.92 Å². The number of nitrogens with zero attached hydrogens (tertiary/aromatic N) is 1. The first kappa shape index (κ1) is 19.8. The summed E-state index contributed by atoms with van der Waals surface area (Å²) < 4.78 is 0. The molecule has 1 nitrogen and oxygen atoms in total. The second-order valence-corrected chi connectivity index (χ2v) is 6.73. The summed E-state index contributed by atoms with van der Waals surface area (Å²) in [6.07, 6.45) is 14.2. The first-order valence-electron chi connectivity index (χ1n) is 9.80. The Bertz CT molecular complexity index is 469. The predicted molar refractivity (Wildman–Crippen MR) is 101 cm³/mol. The number of hydrogen-bond acceptors (Lipinski definition) is 1. The third-order valence-corrected chi connectivity index (χ3v) is 4.94. The first-order valence-corrected chi connectivity index (χ1v) is 9.80. The molecule has 0 aliphatic rings. The van der Waals surface area contributed by atoms with Crippen LogP contribution in [0.25, 0.3) is 0 Å². The summed E-state index contributed by atoms with van der Waals surface area (Å²) in [7, 11) is 0. The summed E-state index contributed by atoms with van der Waals surface area (Å²) in [5, 5.41) is 9.39. The van der Waals surface area contributed by atoms with Gasteiger partial charge in [0.25, 0.3) is 0 Å². The zero-order valence-corrected chi connectivity index (χ0v) is 15.5. The molecule has 0 aromatic heterocycles. The minimum absolute atomic E-state index is 0.645. The Kier molecular flexibility index (Phi) is 10.5. The number of unbranched alkanes of at least 4 members (excludes halogenated alkanes) is 6. The van der Waals surface area contributed by atoms with Gasteiger partial charge in [0.15, 0.2) is 0 Å². The van der Waals surface area contributed by atoms with Crippen molar-refractivity contribution in [2.24, 2.45) is 0 Å². The molecule has 0 fully saturated rings. The van der Waals surface area contributed by atoms with Crippen LogP contribution in [0, 0.1) is 11.3 Å². The van der Waals surface area contributed by atoms with Gasteiger partial charge in [-0.15, -0.1) is 0 Å². The Morgan fingerprint density at radius 1 is 0.870 bits per heavy atom.